The molecule has 0 bridgehead atoms. The summed E-state index contributed by atoms with van der Waals surface area (Å²) in [5.74, 6) is -0.278. The monoisotopic (exact) mass is 309 g/mol. The van der Waals surface area contributed by atoms with Gasteiger partial charge in [-0.2, -0.15) is 0 Å². The van der Waals surface area contributed by atoms with Crippen LogP contribution in [0.25, 0.3) is 0 Å². The van der Waals surface area contributed by atoms with Crippen molar-refractivity contribution < 1.29 is 4.39 Å². The average Bonchev–Trinajstić information content (AvgIpc) is 2.45. The molecule has 0 saturated carbocycles. The number of hydrogen-bond donors (Lipinski definition) is 1. The van der Waals surface area contributed by atoms with E-state index in [9.17, 15) is 4.39 Å². The normalized spacial score (nSPS) is 12.4. The lowest BCUT2D eigenvalue weighted by Gasteiger charge is -2.22. The van der Waals surface area contributed by atoms with E-state index in [2.05, 4.69) is 11.4 Å². The smallest absolute Gasteiger partial charge is 0.129 e. The molecular formula is C16H17ClFNS. The molecule has 0 radical (unpaired) electrons. The van der Waals surface area contributed by atoms with Crippen LogP contribution in [0.4, 0.5) is 4.39 Å². The lowest BCUT2D eigenvalue weighted by atomic mass is 9.98. The first kappa shape index (κ1) is 15.4. The maximum absolute atomic E-state index is 14.2. The molecule has 1 nitrogen and oxygen atoms in total. The standard InChI is InChI=1S/C16H17ClFNS/c1-3-19-16(12-9-8-11(17)10-14(12)18)13-6-4-5-7-15(13)20-2/h4-10,16,19H,3H2,1-2H3. The highest BCUT2D eigenvalue weighted by Gasteiger charge is 2.19. The van der Waals surface area contributed by atoms with E-state index < -0.39 is 0 Å². The highest BCUT2D eigenvalue weighted by atomic mass is 35.5. The summed E-state index contributed by atoms with van der Waals surface area (Å²) < 4.78 is 14.2. The van der Waals surface area contributed by atoms with Crippen LogP contribution in [0.5, 0.6) is 0 Å². The van der Waals surface area contributed by atoms with Crippen LogP contribution in [0.15, 0.2) is 47.4 Å². The van der Waals surface area contributed by atoms with Gasteiger partial charge in [0.15, 0.2) is 0 Å². The van der Waals surface area contributed by atoms with Gasteiger partial charge >= 0.3 is 0 Å². The fourth-order valence-corrected chi connectivity index (χ4v) is 3.03. The van der Waals surface area contributed by atoms with Crippen molar-refractivity contribution in [3.8, 4) is 0 Å². The molecule has 0 aliphatic carbocycles. The van der Waals surface area contributed by atoms with Gasteiger partial charge in [0.25, 0.3) is 0 Å². The molecule has 2 rings (SSSR count). The van der Waals surface area contributed by atoms with E-state index in [1.54, 1.807) is 23.9 Å². The predicted octanol–water partition coefficient (Wildman–Crippen LogP) is 4.90. The van der Waals surface area contributed by atoms with Crippen molar-refractivity contribution in [2.75, 3.05) is 12.8 Å². The summed E-state index contributed by atoms with van der Waals surface area (Å²) in [5.41, 5.74) is 1.71. The van der Waals surface area contributed by atoms with Gasteiger partial charge in [0, 0.05) is 15.5 Å². The van der Waals surface area contributed by atoms with Crippen molar-refractivity contribution in [3.63, 3.8) is 0 Å². The summed E-state index contributed by atoms with van der Waals surface area (Å²) in [6.45, 7) is 2.78. The van der Waals surface area contributed by atoms with Crippen molar-refractivity contribution in [2.24, 2.45) is 0 Å². The Bertz CT molecular complexity index is 588. The average molecular weight is 310 g/mol. The first-order valence-corrected chi connectivity index (χ1v) is 8.09. The Morgan fingerprint density at radius 1 is 1.20 bits per heavy atom. The second-order valence-corrected chi connectivity index (χ2v) is 5.68. The molecule has 1 N–H and O–H groups in total. The van der Waals surface area contributed by atoms with Crippen molar-refractivity contribution in [2.45, 2.75) is 17.9 Å². The van der Waals surface area contributed by atoms with Gasteiger partial charge in [-0.05, 0) is 36.6 Å². The highest BCUT2D eigenvalue weighted by Crippen LogP contribution is 2.32. The Morgan fingerprint density at radius 3 is 2.60 bits per heavy atom. The van der Waals surface area contributed by atoms with Crippen LogP contribution < -0.4 is 5.32 Å². The van der Waals surface area contributed by atoms with Gasteiger partial charge < -0.3 is 5.32 Å². The fourth-order valence-electron chi connectivity index (χ4n) is 2.23. The minimum atomic E-state index is -0.278. The summed E-state index contributed by atoms with van der Waals surface area (Å²) in [5, 5.41) is 3.77. The molecule has 0 aliphatic rings. The molecule has 0 fully saturated rings. The molecular weight excluding hydrogens is 293 g/mol. The third-order valence-corrected chi connectivity index (χ3v) is 4.18. The van der Waals surface area contributed by atoms with Gasteiger partial charge in [-0.1, -0.05) is 42.8 Å². The summed E-state index contributed by atoms with van der Waals surface area (Å²) in [6, 6.07) is 12.7. The maximum Gasteiger partial charge on any atom is 0.129 e. The van der Waals surface area contributed by atoms with E-state index in [4.69, 9.17) is 11.6 Å². The largest absolute Gasteiger partial charge is 0.306 e. The topological polar surface area (TPSA) is 12.0 Å². The van der Waals surface area contributed by atoms with Crippen molar-refractivity contribution in [1.29, 1.82) is 0 Å². The zero-order valence-electron chi connectivity index (χ0n) is 11.5. The zero-order chi connectivity index (χ0) is 14.5. The molecule has 0 spiro atoms. The number of halogens is 2. The summed E-state index contributed by atoms with van der Waals surface area (Å²) in [4.78, 5) is 1.15. The Hall–Kier alpha value is -1.03. The Balaban J connectivity index is 2.50. The molecule has 20 heavy (non-hydrogen) atoms. The summed E-state index contributed by atoms with van der Waals surface area (Å²) in [7, 11) is 0. The third kappa shape index (κ3) is 3.35. The lowest BCUT2D eigenvalue weighted by Crippen LogP contribution is -2.23. The fraction of sp³-hybridized carbons (Fsp3) is 0.250. The van der Waals surface area contributed by atoms with E-state index in [1.807, 2.05) is 31.4 Å². The number of hydrogen-bond acceptors (Lipinski definition) is 2. The maximum atomic E-state index is 14.2. The number of thioether (sulfide) groups is 1. The van der Waals surface area contributed by atoms with Crippen LogP contribution in [0.2, 0.25) is 5.02 Å². The van der Waals surface area contributed by atoms with E-state index >= 15 is 0 Å². The minimum Gasteiger partial charge on any atom is -0.306 e. The molecule has 1 atom stereocenters. The van der Waals surface area contributed by atoms with Gasteiger partial charge in [0.1, 0.15) is 5.82 Å². The van der Waals surface area contributed by atoms with Crippen LogP contribution in [0.3, 0.4) is 0 Å². The first-order chi connectivity index (χ1) is 9.67. The molecule has 2 aromatic rings. The molecule has 0 amide bonds. The van der Waals surface area contributed by atoms with Crippen LogP contribution in [-0.4, -0.2) is 12.8 Å². The number of nitrogens with one attached hydrogen (secondary N) is 1. The van der Waals surface area contributed by atoms with Crippen LogP contribution in [-0.2, 0) is 0 Å². The first-order valence-electron chi connectivity index (χ1n) is 6.48. The molecule has 106 valence electrons. The summed E-state index contributed by atoms with van der Waals surface area (Å²) >= 11 is 7.50. The molecule has 0 aromatic heterocycles. The molecule has 4 heteroatoms. The second kappa shape index (κ2) is 7.11. The Labute approximate surface area is 128 Å². The van der Waals surface area contributed by atoms with Crippen molar-refractivity contribution in [3.05, 3.63) is 64.4 Å². The molecule has 1 unspecified atom stereocenters. The Morgan fingerprint density at radius 2 is 1.95 bits per heavy atom. The van der Waals surface area contributed by atoms with Crippen LogP contribution >= 0.6 is 23.4 Å². The van der Waals surface area contributed by atoms with E-state index in [0.29, 0.717) is 10.6 Å². The highest BCUT2D eigenvalue weighted by molar-refractivity contribution is 7.98. The SMILES string of the molecule is CCNC(c1ccc(Cl)cc1F)c1ccccc1SC. The van der Waals surface area contributed by atoms with Gasteiger partial charge in [0.2, 0.25) is 0 Å². The lowest BCUT2D eigenvalue weighted by molar-refractivity contribution is 0.555. The third-order valence-electron chi connectivity index (χ3n) is 3.13. The van der Waals surface area contributed by atoms with Gasteiger partial charge in [-0.3, -0.25) is 0 Å². The van der Waals surface area contributed by atoms with E-state index in [1.165, 1.54) is 6.07 Å². The van der Waals surface area contributed by atoms with Gasteiger partial charge in [-0.15, -0.1) is 11.8 Å². The second-order valence-electron chi connectivity index (χ2n) is 4.40. The summed E-state index contributed by atoms with van der Waals surface area (Å²) in [6.07, 6.45) is 2.03. The van der Waals surface area contributed by atoms with E-state index in [-0.39, 0.29) is 11.9 Å². The van der Waals surface area contributed by atoms with Crippen molar-refractivity contribution in [1.82, 2.24) is 5.32 Å². The Kier molecular flexibility index (Phi) is 5.46. The quantitative estimate of drug-likeness (QED) is 0.788. The molecule has 0 aliphatic heterocycles. The van der Waals surface area contributed by atoms with E-state index in [0.717, 1.165) is 17.0 Å². The minimum absolute atomic E-state index is 0.166. The van der Waals surface area contributed by atoms with Crippen LogP contribution in [0.1, 0.15) is 24.1 Å². The van der Waals surface area contributed by atoms with Crippen molar-refractivity contribution >= 4 is 23.4 Å². The number of rotatable bonds is 5. The number of benzene rings is 2. The molecule has 0 heterocycles. The predicted molar refractivity (Wildman–Crippen MR) is 85.2 cm³/mol. The van der Waals surface area contributed by atoms with Gasteiger partial charge in [-0.25, -0.2) is 4.39 Å². The van der Waals surface area contributed by atoms with Crippen LogP contribution in [0, 0.1) is 5.82 Å². The zero-order valence-corrected chi connectivity index (χ0v) is 13.1. The molecule has 2 aromatic carbocycles. The molecule has 0 saturated heterocycles. The van der Waals surface area contributed by atoms with Gasteiger partial charge in [0.05, 0.1) is 6.04 Å².